The Balaban J connectivity index is 0.929. The molecule has 0 radical (unpaired) electrons. The highest BCUT2D eigenvalue weighted by atomic mass is 16.3. The van der Waals surface area contributed by atoms with Crippen molar-refractivity contribution in [1.82, 2.24) is 14.8 Å². The van der Waals surface area contributed by atoms with Crippen molar-refractivity contribution in [2.75, 3.05) is 0 Å². The van der Waals surface area contributed by atoms with Crippen LogP contribution in [0.4, 0.5) is 0 Å². The average molecular weight is 868 g/mol. The molecule has 0 aliphatic heterocycles. The molecule has 68 heavy (non-hydrogen) atoms. The fourth-order valence-corrected chi connectivity index (χ4v) is 9.94. The lowest BCUT2D eigenvalue weighted by Gasteiger charge is -2.12. The molecule has 0 aliphatic carbocycles. The number of hydrogen-bond acceptors (Lipinski definition) is 3. The Hall–Kier alpha value is -9.12. The van der Waals surface area contributed by atoms with Crippen LogP contribution >= 0.6 is 0 Å². The Morgan fingerprint density at radius 1 is 0.279 bits per heavy atom. The number of benzene rings is 11. The number of hydrogen-bond donors (Lipinski definition) is 0. The average Bonchev–Trinajstić information content (AvgIpc) is 4.03. The summed E-state index contributed by atoms with van der Waals surface area (Å²) in [5.41, 5.74) is 16.1. The van der Waals surface area contributed by atoms with Crippen LogP contribution < -0.4 is 0 Å². The molecule has 13 aromatic rings. The zero-order valence-electron chi connectivity index (χ0n) is 36.9. The Morgan fingerprint density at radius 3 is 1.32 bits per heavy atom. The summed E-state index contributed by atoms with van der Waals surface area (Å²) >= 11 is 0. The molecule has 0 atom stereocenters. The smallest absolute Gasteiger partial charge is 0.168 e. The van der Waals surface area contributed by atoms with Crippen LogP contribution in [-0.2, 0) is 0 Å². The van der Waals surface area contributed by atoms with Crippen LogP contribution in [0.3, 0.4) is 0 Å². The van der Waals surface area contributed by atoms with Crippen LogP contribution in [0, 0.1) is 0 Å². The number of para-hydroxylation sites is 1. The number of nitrogens with zero attached hydrogens (tertiary/aromatic N) is 3. The van der Waals surface area contributed by atoms with Gasteiger partial charge in [-0.1, -0.05) is 212 Å². The van der Waals surface area contributed by atoms with Gasteiger partial charge < -0.3 is 4.42 Å². The molecule has 0 saturated heterocycles. The quantitative estimate of drug-likeness (QED) is 0.153. The summed E-state index contributed by atoms with van der Waals surface area (Å²) in [5, 5.41) is 16.6. The van der Waals surface area contributed by atoms with E-state index in [0.717, 1.165) is 83.8 Å². The van der Waals surface area contributed by atoms with E-state index in [2.05, 4.69) is 217 Å². The third kappa shape index (κ3) is 6.86. The monoisotopic (exact) mass is 867 g/mol. The fraction of sp³-hybridized carbons (Fsp3) is 0. The van der Waals surface area contributed by atoms with Crippen LogP contribution in [0.15, 0.2) is 253 Å². The van der Waals surface area contributed by atoms with Gasteiger partial charge in [-0.25, -0.2) is 0 Å². The van der Waals surface area contributed by atoms with E-state index in [-0.39, 0.29) is 0 Å². The summed E-state index contributed by atoms with van der Waals surface area (Å²) in [7, 11) is 0. The maximum Gasteiger partial charge on any atom is 0.168 e. The lowest BCUT2D eigenvalue weighted by atomic mass is 9.93. The van der Waals surface area contributed by atoms with E-state index < -0.39 is 0 Å². The normalized spacial score (nSPS) is 11.5. The molecular weight excluding hydrogens is 827 g/mol. The first-order chi connectivity index (χ1) is 33.7. The van der Waals surface area contributed by atoms with Crippen molar-refractivity contribution in [3.63, 3.8) is 0 Å². The van der Waals surface area contributed by atoms with Crippen LogP contribution in [0.1, 0.15) is 0 Å². The van der Waals surface area contributed by atoms with E-state index in [9.17, 15) is 0 Å². The SMILES string of the molecule is c1ccc(-c2nnc(-c3ccc(-c4cc(-c5ccc(-c6cccc7ccccc67)cc5)cc5c4oc4ccc(-c6ccc(-c7cccc8ccccc78)cc6)cc45)cc3)n2-c2ccccc2)cc1. The molecule has 11 aromatic carbocycles. The first-order valence-electron chi connectivity index (χ1n) is 23.0. The van der Waals surface area contributed by atoms with Gasteiger partial charge in [0.2, 0.25) is 0 Å². The predicted octanol–water partition coefficient (Wildman–Crippen LogP) is 17.1. The number of rotatable bonds is 8. The highest BCUT2D eigenvalue weighted by Crippen LogP contribution is 2.42. The van der Waals surface area contributed by atoms with Gasteiger partial charge in [0.25, 0.3) is 0 Å². The third-order valence-electron chi connectivity index (χ3n) is 13.4. The highest BCUT2D eigenvalue weighted by Gasteiger charge is 2.20. The number of aromatic nitrogens is 3. The van der Waals surface area contributed by atoms with Crippen LogP contribution in [0.5, 0.6) is 0 Å². The van der Waals surface area contributed by atoms with Crippen molar-refractivity contribution >= 4 is 43.5 Å². The number of fused-ring (bicyclic) bond motifs is 5. The lowest BCUT2D eigenvalue weighted by Crippen LogP contribution is -2.00. The number of furan rings is 1. The van der Waals surface area contributed by atoms with Gasteiger partial charge in [0.05, 0.1) is 0 Å². The maximum absolute atomic E-state index is 6.87. The van der Waals surface area contributed by atoms with Gasteiger partial charge in [0, 0.05) is 33.2 Å². The van der Waals surface area contributed by atoms with E-state index >= 15 is 0 Å². The Labute approximate surface area is 393 Å². The zero-order valence-corrected chi connectivity index (χ0v) is 36.9. The minimum atomic E-state index is 0.771. The molecule has 4 heteroatoms. The molecule has 13 rings (SSSR count). The van der Waals surface area contributed by atoms with Crippen molar-refractivity contribution in [2.24, 2.45) is 0 Å². The van der Waals surface area contributed by atoms with Gasteiger partial charge in [0.15, 0.2) is 11.6 Å². The fourth-order valence-electron chi connectivity index (χ4n) is 9.94. The van der Waals surface area contributed by atoms with Crippen molar-refractivity contribution < 1.29 is 4.42 Å². The summed E-state index contributed by atoms with van der Waals surface area (Å²) in [4.78, 5) is 0. The molecular formula is C64H41N3O. The van der Waals surface area contributed by atoms with Gasteiger partial charge >= 0.3 is 0 Å². The Bertz CT molecular complexity index is 3970. The van der Waals surface area contributed by atoms with Crippen molar-refractivity contribution in [3.05, 3.63) is 249 Å². The molecule has 0 fully saturated rings. The third-order valence-corrected chi connectivity index (χ3v) is 13.4. The minimum Gasteiger partial charge on any atom is -0.455 e. The van der Waals surface area contributed by atoms with E-state index in [4.69, 9.17) is 14.6 Å². The van der Waals surface area contributed by atoms with Gasteiger partial charge in [-0.2, -0.15) is 0 Å². The second kappa shape index (κ2) is 16.4. The molecule has 0 spiro atoms. The molecule has 0 aliphatic rings. The molecule has 0 unspecified atom stereocenters. The van der Waals surface area contributed by atoms with E-state index in [0.29, 0.717) is 0 Å². The molecule has 4 nitrogen and oxygen atoms in total. The molecule has 0 bridgehead atoms. The van der Waals surface area contributed by atoms with Gasteiger partial charge in [-0.3, -0.25) is 4.57 Å². The lowest BCUT2D eigenvalue weighted by molar-refractivity contribution is 0.670. The van der Waals surface area contributed by atoms with Crippen molar-refractivity contribution in [3.8, 4) is 84.1 Å². The Kier molecular flexibility index (Phi) is 9.47. The van der Waals surface area contributed by atoms with Crippen molar-refractivity contribution in [1.29, 1.82) is 0 Å². The van der Waals surface area contributed by atoms with E-state index in [1.807, 2.05) is 36.4 Å². The van der Waals surface area contributed by atoms with Crippen molar-refractivity contribution in [2.45, 2.75) is 0 Å². The van der Waals surface area contributed by atoms with E-state index in [1.54, 1.807) is 0 Å². The topological polar surface area (TPSA) is 43.9 Å². The zero-order chi connectivity index (χ0) is 45.0. The van der Waals surface area contributed by atoms with Crippen LogP contribution in [0.2, 0.25) is 0 Å². The first kappa shape index (κ1) is 39.3. The summed E-state index contributed by atoms with van der Waals surface area (Å²) in [5.74, 6) is 1.56. The van der Waals surface area contributed by atoms with Crippen LogP contribution in [0.25, 0.3) is 128 Å². The first-order valence-corrected chi connectivity index (χ1v) is 23.0. The van der Waals surface area contributed by atoms with Gasteiger partial charge in [0.1, 0.15) is 11.2 Å². The molecule has 0 N–H and O–H groups in total. The summed E-state index contributed by atoms with van der Waals surface area (Å²) in [6.45, 7) is 0. The second-order valence-corrected chi connectivity index (χ2v) is 17.4. The molecule has 0 amide bonds. The second-order valence-electron chi connectivity index (χ2n) is 17.4. The largest absolute Gasteiger partial charge is 0.455 e. The molecule has 318 valence electrons. The predicted molar refractivity (Wildman–Crippen MR) is 282 cm³/mol. The highest BCUT2D eigenvalue weighted by molar-refractivity contribution is 6.12. The minimum absolute atomic E-state index is 0.771. The van der Waals surface area contributed by atoms with E-state index in [1.165, 1.54) is 43.8 Å². The summed E-state index contributed by atoms with van der Waals surface area (Å²) in [6, 6.07) is 88.5. The van der Waals surface area contributed by atoms with Crippen LogP contribution in [-0.4, -0.2) is 14.8 Å². The maximum atomic E-state index is 6.87. The standard InChI is InChI=1S/C64H41N3O/c1-3-15-49(16-4-1)63-65-66-64(67(63)53-19-5-2-6-20-53)50-35-33-48(34-36-50)58-40-52(43-27-31-47(32-28-43)57-24-12-18-45-14-8-10-22-55(45)57)41-60-59-39-51(37-38-61(59)68-62(58)60)42-25-29-46(30-26-42)56-23-11-17-44-13-7-9-21-54(44)56/h1-41H. The summed E-state index contributed by atoms with van der Waals surface area (Å²) in [6.07, 6.45) is 0. The molecule has 2 heterocycles. The molecule has 2 aromatic heterocycles. The summed E-state index contributed by atoms with van der Waals surface area (Å²) < 4.78 is 9.01. The Morgan fingerprint density at radius 2 is 0.721 bits per heavy atom. The molecule has 0 saturated carbocycles. The van der Waals surface area contributed by atoms with Gasteiger partial charge in [-0.15, -0.1) is 10.2 Å². The van der Waals surface area contributed by atoms with Gasteiger partial charge in [-0.05, 0) is 108 Å².